The van der Waals surface area contributed by atoms with Gasteiger partial charge >= 0.3 is 0 Å². The van der Waals surface area contributed by atoms with Crippen molar-refractivity contribution < 1.29 is 0 Å². The maximum absolute atomic E-state index is 2.32. The van der Waals surface area contributed by atoms with Crippen LogP contribution in [0.4, 0.5) is 17.1 Å². The third-order valence-corrected chi connectivity index (χ3v) is 9.95. The Balaban J connectivity index is 0.984. The number of benzene rings is 9. The molecule has 0 aromatic heterocycles. The average Bonchev–Trinajstić information content (AvgIpc) is 3.24. The molecule has 9 rings (SSSR count). The Hall–Kier alpha value is -6.96. The minimum Gasteiger partial charge on any atom is -0.310 e. The first kappa shape index (κ1) is 32.0. The second-order valence-electron chi connectivity index (χ2n) is 13.5. The van der Waals surface area contributed by atoms with Gasteiger partial charge in [-0.3, -0.25) is 0 Å². The highest BCUT2D eigenvalue weighted by Gasteiger charge is 2.13. The highest BCUT2D eigenvalue weighted by Crippen LogP contribution is 2.37. The minimum absolute atomic E-state index is 1.14. The van der Waals surface area contributed by atoms with E-state index in [2.05, 4.69) is 229 Å². The molecule has 9 aromatic rings. The quantitative estimate of drug-likeness (QED) is 0.145. The largest absolute Gasteiger partial charge is 0.310 e. The molecule has 0 N–H and O–H groups in total. The van der Waals surface area contributed by atoms with E-state index in [1.165, 1.54) is 66.1 Å². The van der Waals surface area contributed by atoms with Gasteiger partial charge in [-0.25, -0.2) is 0 Å². The van der Waals surface area contributed by atoms with Crippen LogP contribution in [0.25, 0.3) is 67.1 Å². The number of anilines is 3. The van der Waals surface area contributed by atoms with Crippen LogP contribution in [0.2, 0.25) is 0 Å². The predicted molar refractivity (Wildman–Crippen MR) is 228 cm³/mol. The maximum Gasteiger partial charge on any atom is 0.0468 e. The van der Waals surface area contributed by atoms with E-state index in [-0.39, 0.29) is 0 Å². The summed E-state index contributed by atoms with van der Waals surface area (Å²) in [6.45, 7) is 0. The highest BCUT2D eigenvalue weighted by atomic mass is 15.1. The smallest absolute Gasteiger partial charge is 0.0468 e. The first-order chi connectivity index (χ1) is 26.2. The van der Waals surface area contributed by atoms with Gasteiger partial charge in [-0.2, -0.15) is 0 Å². The first-order valence-corrected chi connectivity index (χ1v) is 18.2. The molecule has 0 aliphatic rings. The summed E-state index contributed by atoms with van der Waals surface area (Å²) in [5.41, 5.74) is 13.1. The van der Waals surface area contributed by atoms with E-state index in [0.29, 0.717) is 0 Å². The van der Waals surface area contributed by atoms with Crippen molar-refractivity contribution in [2.24, 2.45) is 0 Å². The van der Waals surface area contributed by atoms with E-state index in [4.69, 9.17) is 0 Å². The van der Waals surface area contributed by atoms with Crippen LogP contribution in [0, 0.1) is 0 Å². The first-order valence-electron chi connectivity index (χ1n) is 18.2. The zero-order chi connectivity index (χ0) is 35.4. The van der Waals surface area contributed by atoms with Gasteiger partial charge in [-0.15, -0.1) is 0 Å². The molecule has 0 fully saturated rings. The van der Waals surface area contributed by atoms with Gasteiger partial charge in [-0.05, 0) is 139 Å². The molecule has 0 aliphatic heterocycles. The molecule has 0 saturated carbocycles. The Labute approximate surface area is 311 Å². The summed E-state index contributed by atoms with van der Waals surface area (Å²) in [7, 11) is 0. The zero-order valence-electron chi connectivity index (χ0n) is 29.3. The molecule has 1 heteroatoms. The van der Waals surface area contributed by atoms with Crippen LogP contribution in [-0.4, -0.2) is 0 Å². The van der Waals surface area contributed by atoms with Crippen LogP contribution < -0.4 is 4.90 Å². The van der Waals surface area contributed by atoms with E-state index >= 15 is 0 Å². The number of nitrogens with zero attached hydrogens (tertiary/aromatic N) is 1. The Morgan fingerprint density at radius 1 is 0.245 bits per heavy atom. The zero-order valence-corrected chi connectivity index (χ0v) is 29.3. The molecular formula is C52H37N. The fourth-order valence-corrected chi connectivity index (χ4v) is 7.22. The lowest BCUT2D eigenvalue weighted by atomic mass is 9.92. The Morgan fingerprint density at radius 2 is 0.642 bits per heavy atom. The molecule has 0 unspecified atom stereocenters. The molecule has 0 bridgehead atoms. The highest BCUT2D eigenvalue weighted by molar-refractivity contribution is 5.93. The van der Waals surface area contributed by atoms with Crippen molar-refractivity contribution in [1.82, 2.24) is 0 Å². The number of rotatable bonds is 8. The summed E-state index contributed by atoms with van der Waals surface area (Å²) in [6.07, 6.45) is 4.42. The molecule has 0 saturated heterocycles. The van der Waals surface area contributed by atoms with Crippen molar-refractivity contribution in [1.29, 1.82) is 0 Å². The summed E-state index contributed by atoms with van der Waals surface area (Å²) < 4.78 is 0. The van der Waals surface area contributed by atoms with Crippen molar-refractivity contribution in [3.63, 3.8) is 0 Å². The maximum atomic E-state index is 2.32. The molecule has 0 atom stereocenters. The van der Waals surface area contributed by atoms with Crippen LogP contribution in [0.3, 0.4) is 0 Å². The third kappa shape index (κ3) is 6.89. The van der Waals surface area contributed by atoms with Gasteiger partial charge < -0.3 is 4.90 Å². The van der Waals surface area contributed by atoms with Gasteiger partial charge in [0.2, 0.25) is 0 Å². The molecule has 0 heterocycles. The minimum atomic E-state index is 1.14. The van der Waals surface area contributed by atoms with Crippen molar-refractivity contribution in [3.05, 3.63) is 223 Å². The summed E-state index contributed by atoms with van der Waals surface area (Å²) in [5, 5.41) is 4.89. The van der Waals surface area contributed by atoms with Gasteiger partial charge in [0.05, 0.1) is 0 Å². The number of para-hydroxylation sites is 2. The molecule has 0 radical (unpaired) electrons. The van der Waals surface area contributed by atoms with Crippen molar-refractivity contribution in [2.75, 3.05) is 4.90 Å². The number of hydrogen-bond donors (Lipinski definition) is 0. The molecule has 53 heavy (non-hydrogen) atoms. The van der Waals surface area contributed by atoms with E-state index < -0.39 is 0 Å². The second kappa shape index (κ2) is 14.3. The van der Waals surface area contributed by atoms with Crippen LogP contribution in [0.5, 0.6) is 0 Å². The lowest BCUT2D eigenvalue weighted by Gasteiger charge is -2.25. The third-order valence-electron chi connectivity index (χ3n) is 9.95. The molecule has 250 valence electrons. The molecule has 0 amide bonds. The van der Waals surface area contributed by atoms with Crippen LogP contribution in [0.15, 0.2) is 212 Å². The molecule has 9 aromatic carbocycles. The molecule has 0 spiro atoms. The number of fused-ring (bicyclic) bond motifs is 2. The summed E-state index contributed by atoms with van der Waals surface area (Å²) in [6, 6.07) is 76.3. The molecule has 0 aliphatic carbocycles. The monoisotopic (exact) mass is 675 g/mol. The lowest BCUT2D eigenvalue weighted by Crippen LogP contribution is -2.09. The Bertz CT molecular complexity index is 2600. The SMILES string of the molecule is C(=Cc1ccc2cc(N(c3ccccc3)c3ccccc3)ccc2c1)c1ccc2cc(-c3cc(-c4ccccc4)cc(-c4ccccc4)c3)ccc2c1. The van der Waals surface area contributed by atoms with Gasteiger partial charge in [-0.1, -0.05) is 152 Å². The predicted octanol–water partition coefficient (Wildman–Crippen LogP) is 14.6. The van der Waals surface area contributed by atoms with E-state index in [1.54, 1.807) is 0 Å². The van der Waals surface area contributed by atoms with Crippen molar-refractivity contribution in [3.8, 4) is 33.4 Å². The lowest BCUT2D eigenvalue weighted by molar-refractivity contribution is 1.29. The van der Waals surface area contributed by atoms with Crippen molar-refractivity contribution >= 4 is 50.8 Å². The standard InChI is InChI=1S/C52H37N/c1-5-13-40(14-6-1)47-34-48(41-15-7-2-8-16-41)36-49(35-47)45-28-27-42-31-38(23-25-44(42)33-45)21-22-39-24-26-46-37-52(30-29-43(46)32-39)53(50-17-9-3-10-18-50)51-19-11-4-12-20-51/h1-37H. The van der Waals surface area contributed by atoms with Crippen LogP contribution in [-0.2, 0) is 0 Å². The van der Waals surface area contributed by atoms with E-state index in [9.17, 15) is 0 Å². The van der Waals surface area contributed by atoms with E-state index in [0.717, 1.165) is 17.1 Å². The van der Waals surface area contributed by atoms with Gasteiger partial charge in [0.25, 0.3) is 0 Å². The normalized spacial score (nSPS) is 11.3. The fraction of sp³-hybridized carbons (Fsp3) is 0. The second-order valence-corrected chi connectivity index (χ2v) is 13.5. The molecule has 1 nitrogen and oxygen atoms in total. The summed E-state index contributed by atoms with van der Waals surface area (Å²) in [5.74, 6) is 0. The Kier molecular flexibility index (Phi) is 8.66. The average molecular weight is 676 g/mol. The van der Waals surface area contributed by atoms with Gasteiger partial charge in [0.15, 0.2) is 0 Å². The van der Waals surface area contributed by atoms with E-state index in [1.807, 2.05) is 0 Å². The topological polar surface area (TPSA) is 3.24 Å². The Morgan fingerprint density at radius 3 is 1.15 bits per heavy atom. The number of hydrogen-bond acceptors (Lipinski definition) is 1. The molecular weight excluding hydrogens is 639 g/mol. The fourth-order valence-electron chi connectivity index (χ4n) is 7.22. The van der Waals surface area contributed by atoms with Gasteiger partial charge in [0, 0.05) is 17.1 Å². The summed E-state index contributed by atoms with van der Waals surface area (Å²) in [4.78, 5) is 2.31. The van der Waals surface area contributed by atoms with Crippen molar-refractivity contribution in [2.45, 2.75) is 0 Å². The van der Waals surface area contributed by atoms with Crippen LogP contribution >= 0.6 is 0 Å². The summed E-state index contributed by atoms with van der Waals surface area (Å²) >= 11 is 0. The van der Waals surface area contributed by atoms with Crippen LogP contribution in [0.1, 0.15) is 11.1 Å². The van der Waals surface area contributed by atoms with Gasteiger partial charge in [0.1, 0.15) is 0 Å².